The van der Waals surface area contributed by atoms with Crippen LogP contribution < -0.4 is 15.0 Å². The van der Waals surface area contributed by atoms with Gasteiger partial charge in [0.25, 0.3) is 5.91 Å². The maximum absolute atomic E-state index is 13.5. The number of hydrogen-bond acceptors (Lipinski definition) is 4. The minimum atomic E-state index is -4.89. The Balaban J connectivity index is 1.67. The number of amides is 1. The largest absolute Gasteiger partial charge is 0.489 e. The second kappa shape index (κ2) is 8.07. The minimum absolute atomic E-state index is 0.104. The van der Waals surface area contributed by atoms with Crippen molar-refractivity contribution in [3.05, 3.63) is 76.7 Å². The Hall–Kier alpha value is -3.33. The summed E-state index contributed by atoms with van der Waals surface area (Å²) in [7, 11) is 0. The number of nitrogens with one attached hydrogen (secondary N) is 1. The monoisotopic (exact) mass is 451 g/mol. The summed E-state index contributed by atoms with van der Waals surface area (Å²) in [6, 6.07) is 10.4. The van der Waals surface area contributed by atoms with Crippen LogP contribution in [0.2, 0.25) is 5.02 Å². The molecule has 4 rings (SSSR count). The van der Waals surface area contributed by atoms with E-state index in [2.05, 4.69) is 10.3 Å². The van der Waals surface area contributed by atoms with E-state index < -0.39 is 23.5 Å². The van der Waals surface area contributed by atoms with Gasteiger partial charge in [0.05, 0.1) is 28.4 Å². The molecule has 0 aliphatic carbocycles. The number of rotatable bonds is 3. The molecule has 31 heavy (non-hydrogen) atoms. The average Bonchev–Trinajstić information content (AvgIpc) is 2.74. The number of benzene rings is 2. The Morgan fingerprint density at radius 3 is 2.71 bits per heavy atom. The number of fused-ring (bicyclic) bond motifs is 1. The highest BCUT2D eigenvalue weighted by Gasteiger charge is 2.34. The number of anilines is 3. The summed E-state index contributed by atoms with van der Waals surface area (Å²) in [5.41, 5.74) is -1.02. The zero-order valence-electron chi connectivity index (χ0n) is 15.7. The molecule has 3 aromatic rings. The summed E-state index contributed by atoms with van der Waals surface area (Å²) in [6.45, 7) is 0.667. The lowest BCUT2D eigenvalue weighted by atomic mass is 10.1. The predicted molar refractivity (Wildman–Crippen MR) is 108 cm³/mol. The van der Waals surface area contributed by atoms with E-state index in [0.717, 1.165) is 6.07 Å². The molecule has 0 spiro atoms. The van der Waals surface area contributed by atoms with Crippen molar-refractivity contribution in [3.63, 3.8) is 0 Å². The number of hydrogen-bond donors (Lipinski definition) is 1. The third-order valence-corrected chi connectivity index (χ3v) is 4.91. The number of para-hydroxylation sites is 1. The molecule has 0 radical (unpaired) electrons. The molecule has 1 aromatic heterocycles. The second-order valence-corrected chi connectivity index (χ2v) is 7.02. The summed E-state index contributed by atoms with van der Waals surface area (Å²) < 4.78 is 58.1. The van der Waals surface area contributed by atoms with Gasteiger partial charge in [0, 0.05) is 11.9 Å². The third kappa shape index (κ3) is 4.13. The molecule has 2 heterocycles. The van der Waals surface area contributed by atoms with Gasteiger partial charge in [0.1, 0.15) is 12.4 Å². The van der Waals surface area contributed by atoms with Crippen LogP contribution in [0.1, 0.15) is 15.9 Å². The van der Waals surface area contributed by atoms with Gasteiger partial charge in [-0.2, -0.15) is 13.2 Å². The molecule has 1 aliphatic rings. The number of pyridine rings is 1. The van der Waals surface area contributed by atoms with Crippen molar-refractivity contribution in [2.24, 2.45) is 0 Å². The summed E-state index contributed by atoms with van der Waals surface area (Å²) in [5.74, 6) is -1.40. The van der Waals surface area contributed by atoms with E-state index in [-0.39, 0.29) is 23.6 Å². The molecule has 2 aromatic carbocycles. The summed E-state index contributed by atoms with van der Waals surface area (Å²) >= 11 is 6.25. The quantitative estimate of drug-likeness (QED) is 0.521. The molecule has 160 valence electrons. The first-order valence-corrected chi connectivity index (χ1v) is 9.45. The number of nitrogens with zero attached hydrogens (tertiary/aromatic N) is 2. The van der Waals surface area contributed by atoms with Crippen LogP contribution in [0.15, 0.2) is 54.7 Å². The van der Waals surface area contributed by atoms with E-state index in [0.29, 0.717) is 35.2 Å². The van der Waals surface area contributed by atoms with E-state index in [1.807, 2.05) is 0 Å². The van der Waals surface area contributed by atoms with Crippen molar-refractivity contribution < 1.29 is 27.1 Å². The van der Waals surface area contributed by atoms with E-state index in [9.17, 15) is 22.4 Å². The molecule has 1 amide bonds. The maximum Gasteiger partial charge on any atom is 0.419 e. The molecule has 1 N–H and O–H groups in total. The van der Waals surface area contributed by atoms with Crippen molar-refractivity contribution in [1.29, 1.82) is 0 Å². The van der Waals surface area contributed by atoms with E-state index in [1.165, 1.54) is 6.07 Å². The molecule has 0 bridgehead atoms. The molecular weight excluding hydrogens is 438 g/mol. The summed E-state index contributed by atoms with van der Waals surface area (Å²) in [6.07, 6.45) is -3.30. The molecular formula is C21H14ClF4N3O2. The lowest BCUT2D eigenvalue weighted by Crippen LogP contribution is -2.30. The molecule has 0 unspecified atom stereocenters. The molecule has 0 saturated heterocycles. The average molecular weight is 452 g/mol. The molecule has 10 heteroatoms. The van der Waals surface area contributed by atoms with Crippen LogP contribution >= 0.6 is 11.6 Å². The van der Waals surface area contributed by atoms with Crippen LogP contribution in [0.3, 0.4) is 0 Å². The number of carbonyl (C=O) groups excluding carboxylic acids is 1. The van der Waals surface area contributed by atoms with Gasteiger partial charge in [-0.05, 0) is 42.5 Å². The first-order chi connectivity index (χ1) is 14.8. The highest BCUT2D eigenvalue weighted by Crippen LogP contribution is 2.40. The zero-order chi connectivity index (χ0) is 22.2. The van der Waals surface area contributed by atoms with Crippen LogP contribution in [0.5, 0.6) is 5.75 Å². The smallest absolute Gasteiger partial charge is 0.419 e. The SMILES string of the molecule is O=C(Nc1ccc(F)c(C(F)(F)F)c1)c1cccc2c1OCCN2c1ncccc1Cl. The van der Waals surface area contributed by atoms with E-state index in [1.54, 1.807) is 35.4 Å². The van der Waals surface area contributed by atoms with Crippen molar-refractivity contribution in [1.82, 2.24) is 4.98 Å². The van der Waals surface area contributed by atoms with Gasteiger partial charge in [-0.25, -0.2) is 9.37 Å². The standard InChI is InChI=1S/C21H14ClF4N3O2/c22-15-4-2-8-27-19(15)29-9-10-31-18-13(3-1-5-17(18)29)20(30)28-12-6-7-16(23)14(11-12)21(24,25)26/h1-8,11H,9-10H2,(H,28,30). The van der Waals surface area contributed by atoms with Gasteiger partial charge >= 0.3 is 6.18 Å². The van der Waals surface area contributed by atoms with Crippen molar-refractivity contribution in [2.45, 2.75) is 6.18 Å². The minimum Gasteiger partial charge on any atom is -0.489 e. The highest BCUT2D eigenvalue weighted by atomic mass is 35.5. The fraction of sp³-hybridized carbons (Fsp3) is 0.143. The Morgan fingerprint density at radius 1 is 1.16 bits per heavy atom. The molecule has 5 nitrogen and oxygen atoms in total. The Bertz CT molecular complexity index is 1150. The fourth-order valence-electron chi connectivity index (χ4n) is 3.24. The Morgan fingerprint density at radius 2 is 1.97 bits per heavy atom. The van der Waals surface area contributed by atoms with E-state index >= 15 is 0 Å². The normalized spacial score (nSPS) is 13.4. The number of ether oxygens (including phenoxy) is 1. The van der Waals surface area contributed by atoms with Gasteiger partial charge in [-0.15, -0.1) is 0 Å². The zero-order valence-corrected chi connectivity index (χ0v) is 16.5. The predicted octanol–water partition coefficient (Wildman–Crippen LogP) is 5.68. The van der Waals surface area contributed by atoms with Crippen molar-refractivity contribution in [2.75, 3.05) is 23.4 Å². The van der Waals surface area contributed by atoms with Gasteiger partial charge in [-0.1, -0.05) is 17.7 Å². The summed E-state index contributed by atoms with van der Waals surface area (Å²) in [5, 5.41) is 2.78. The first-order valence-electron chi connectivity index (χ1n) is 9.07. The van der Waals surface area contributed by atoms with Crippen molar-refractivity contribution in [3.8, 4) is 5.75 Å². The first kappa shape index (κ1) is 20.9. The van der Waals surface area contributed by atoms with Crippen molar-refractivity contribution >= 4 is 34.7 Å². The van der Waals surface area contributed by atoms with E-state index in [4.69, 9.17) is 16.3 Å². The number of aromatic nitrogens is 1. The van der Waals surface area contributed by atoms with Gasteiger partial charge in [-0.3, -0.25) is 4.79 Å². The number of carbonyl (C=O) groups is 1. The fourth-order valence-corrected chi connectivity index (χ4v) is 3.47. The van der Waals surface area contributed by atoms with Crippen LogP contribution in [-0.2, 0) is 6.18 Å². The molecule has 0 saturated carbocycles. The maximum atomic E-state index is 13.5. The Labute approximate surface area is 179 Å². The van der Waals surface area contributed by atoms with Gasteiger partial charge in [0.15, 0.2) is 11.6 Å². The summed E-state index contributed by atoms with van der Waals surface area (Å²) in [4.78, 5) is 18.9. The highest BCUT2D eigenvalue weighted by molar-refractivity contribution is 6.33. The van der Waals surface area contributed by atoms with Crippen LogP contribution in [0.25, 0.3) is 0 Å². The molecule has 0 fully saturated rings. The second-order valence-electron chi connectivity index (χ2n) is 6.61. The van der Waals surface area contributed by atoms with Crippen LogP contribution in [0.4, 0.5) is 34.8 Å². The number of halogens is 5. The van der Waals surface area contributed by atoms with Crippen LogP contribution in [-0.4, -0.2) is 24.0 Å². The van der Waals surface area contributed by atoms with Gasteiger partial charge < -0.3 is 15.0 Å². The third-order valence-electron chi connectivity index (χ3n) is 4.62. The number of alkyl halides is 3. The lowest BCUT2D eigenvalue weighted by molar-refractivity contribution is -0.139. The molecule has 1 aliphatic heterocycles. The lowest BCUT2D eigenvalue weighted by Gasteiger charge is -2.31. The van der Waals surface area contributed by atoms with Crippen LogP contribution in [0, 0.1) is 5.82 Å². The Kier molecular flexibility index (Phi) is 5.45. The van der Waals surface area contributed by atoms with Gasteiger partial charge in [0.2, 0.25) is 0 Å². The molecule has 0 atom stereocenters. The topological polar surface area (TPSA) is 54.5 Å².